The summed E-state index contributed by atoms with van der Waals surface area (Å²) < 4.78 is 11.1. The summed E-state index contributed by atoms with van der Waals surface area (Å²) in [5.74, 6) is 1.04. The minimum atomic E-state index is -0.134. The Hall–Kier alpha value is -3.07. The van der Waals surface area contributed by atoms with E-state index < -0.39 is 0 Å². The number of pyridine rings is 1. The molecule has 0 spiro atoms. The van der Waals surface area contributed by atoms with E-state index in [1.807, 2.05) is 6.07 Å². The van der Waals surface area contributed by atoms with E-state index >= 15 is 0 Å². The Morgan fingerprint density at radius 2 is 2.24 bits per heavy atom. The Kier molecular flexibility index (Phi) is 5.14. The van der Waals surface area contributed by atoms with Crippen molar-refractivity contribution in [3.63, 3.8) is 0 Å². The van der Waals surface area contributed by atoms with Crippen molar-refractivity contribution in [3.8, 4) is 17.7 Å². The number of likely N-dealkylation sites (tertiary alicyclic amines) is 1. The molecule has 0 saturated carbocycles. The number of amides is 1. The fraction of sp³-hybridized carbons (Fsp3) is 0.316. The molecule has 2 heterocycles. The molecule has 2 aromatic rings. The fourth-order valence-electron chi connectivity index (χ4n) is 2.87. The molecule has 128 valence electrons. The molecule has 6 heteroatoms. The van der Waals surface area contributed by atoms with Crippen LogP contribution in [0.4, 0.5) is 0 Å². The highest BCUT2D eigenvalue weighted by molar-refractivity contribution is 5.94. The van der Waals surface area contributed by atoms with Crippen molar-refractivity contribution in [1.29, 1.82) is 5.26 Å². The van der Waals surface area contributed by atoms with Crippen LogP contribution in [-0.2, 0) is 0 Å². The summed E-state index contributed by atoms with van der Waals surface area (Å²) in [5.41, 5.74) is 1.11. The highest BCUT2D eigenvalue weighted by Crippen LogP contribution is 2.20. The van der Waals surface area contributed by atoms with Gasteiger partial charge in [0, 0.05) is 24.4 Å². The molecule has 0 radical (unpaired) electrons. The average molecular weight is 337 g/mol. The number of carbonyl (C=O) groups excluding carboxylic acids is 1. The van der Waals surface area contributed by atoms with Crippen molar-refractivity contribution in [2.45, 2.75) is 18.9 Å². The second kappa shape index (κ2) is 7.67. The molecule has 25 heavy (non-hydrogen) atoms. The molecule has 1 aromatic heterocycles. The van der Waals surface area contributed by atoms with Crippen LogP contribution < -0.4 is 9.47 Å². The van der Waals surface area contributed by atoms with E-state index in [9.17, 15) is 4.79 Å². The number of methoxy groups -OCH3 is 1. The summed E-state index contributed by atoms with van der Waals surface area (Å²) >= 11 is 0. The molecule has 0 bridgehead atoms. The first kappa shape index (κ1) is 16.8. The van der Waals surface area contributed by atoms with Crippen molar-refractivity contribution in [1.82, 2.24) is 9.88 Å². The molecule has 3 rings (SSSR count). The first-order valence-electron chi connectivity index (χ1n) is 8.16. The zero-order chi connectivity index (χ0) is 17.6. The Bertz CT molecular complexity index is 800. The number of carbonyl (C=O) groups is 1. The van der Waals surface area contributed by atoms with Crippen molar-refractivity contribution in [2.24, 2.45) is 0 Å². The standard InChI is InChI=1S/C19H19N3O3/c1-24-16-5-2-4-15(11-16)19(23)22-9-3-6-17(13-22)25-18-10-14(12-20)7-8-21-18/h2,4-5,7-8,10-11,17H,3,6,9,13H2,1H3. The van der Waals surface area contributed by atoms with Crippen molar-refractivity contribution in [2.75, 3.05) is 20.2 Å². The highest BCUT2D eigenvalue weighted by Gasteiger charge is 2.26. The number of nitriles is 1. The average Bonchev–Trinajstić information content (AvgIpc) is 2.68. The van der Waals surface area contributed by atoms with Crippen LogP contribution in [0, 0.1) is 11.3 Å². The van der Waals surface area contributed by atoms with Crippen LogP contribution in [0.15, 0.2) is 42.6 Å². The number of piperidine rings is 1. The van der Waals surface area contributed by atoms with Gasteiger partial charge in [0.15, 0.2) is 0 Å². The molecule has 6 nitrogen and oxygen atoms in total. The number of rotatable bonds is 4. The number of ether oxygens (including phenoxy) is 2. The smallest absolute Gasteiger partial charge is 0.254 e. The van der Waals surface area contributed by atoms with E-state index in [0.717, 1.165) is 12.8 Å². The number of nitrogens with zero attached hydrogens (tertiary/aromatic N) is 3. The second-order valence-electron chi connectivity index (χ2n) is 5.86. The van der Waals surface area contributed by atoms with E-state index in [2.05, 4.69) is 11.1 Å². The van der Waals surface area contributed by atoms with Gasteiger partial charge in [0.05, 0.1) is 25.3 Å². The molecule has 1 fully saturated rings. The predicted molar refractivity (Wildman–Crippen MR) is 91.5 cm³/mol. The van der Waals surface area contributed by atoms with Gasteiger partial charge in [-0.15, -0.1) is 0 Å². The molecule has 1 amide bonds. The lowest BCUT2D eigenvalue weighted by Crippen LogP contribution is -2.44. The molecule has 0 aliphatic carbocycles. The number of hydrogen-bond acceptors (Lipinski definition) is 5. The van der Waals surface area contributed by atoms with Crippen LogP contribution in [0.5, 0.6) is 11.6 Å². The summed E-state index contributed by atoms with van der Waals surface area (Å²) in [6, 6.07) is 12.5. The van der Waals surface area contributed by atoms with Crippen LogP contribution in [0.1, 0.15) is 28.8 Å². The minimum absolute atomic E-state index is 0.0362. The molecule has 1 unspecified atom stereocenters. The Morgan fingerprint density at radius 3 is 3.04 bits per heavy atom. The summed E-state index contributed by atoms with van der Waals surface area (Å²) in [6.07, 6.45) is 3.12. The van der Waals surface area contributed by atoms with Gasteiger partial charge in [-0.3, -0.25) is 4.79 Å². The van der Waals surface area contributed by atoms with Gasteiger partial charge in [-0.1, -0.05) is 6.07 Å². The molecular weight excluding hydrogens is 318 g/mol. The molecule has 1 aliphatic heterocycles. The summed E-state index contributed by atoms with van der Waals surface area (Å²) in [4.78, 5) is 18.7. The monoisotopic (exact) mass is 337 g/mol. The van der Waals surface area contributed by atoms with E-state index in [0.29, 0.717) is 35.8 Å². The third kappa shape index (κ3) is 4.07. The van der Waals surface area contributed by atoms with Crippen LogP contribution in [0.25, 0.3) is 0 Å². The van der Waals surface area contributed by atoms with E-state index in [1.165, 1.54) is 0 Å². The lowest BCUT2D eigenvalue weighted by molar-refractivity contribution is 0.0527. The van der Waals surface area contributed by atoms with Gasteiger partial charge in [0.1, 0.15) is 11.9 Å². The first-order chi connectivity index (χ1) is 12.2. The summed E-state index contributed by atoms with van der Waals surface area (Å²) in [6.45, 7) is 1.19. The Labute approximate surface area is 146 Å². The maximum atomic E-state index is 12.7. The molecule has 1 saturated heterocycles. The van der Waals surface area contributed by atoms with Gasteiger partial charge in [-0.25, -0.2) is 4.98 Å². The highest BCUT2D eigenvalue weighted by atomic mass is 16.5. The van der Waals surface area contributed by atoms with Crippen molar-refractivity contribution in [3.05, 3.63) is 53.7 Å². The number of benzene rings is 1. The van der Waals surface area contributed by atoms with Gasteiger partial charge in [-0.05, 0) is 37.1 Å². The van der Waals surface area contributed by atoms with E-state index in [4.69, 9.17) is 14.7 Å². The summed E-state index contributed by atoms with van der Waals surface area (Å²) in [7, 11) is 1.58. The fourth-order valence-corrected chi connectivity index (χ4v) is 2.87. The minimum Gasteiger partial charge on any atom is -0.497 e. The molecule has 0 N–H and O–H groups in total. The normalized spacial score (nSPS) is 16.8. The third-order valence-corrected chi connectivity index (χ3v) is 4.13. The Balaban J connectivity index is 1.68. The van der Waals surface area contributed by atoms with E-state index in [1.54, 1.807) is 48.5 Å². The first-order valence-corrected chi connectivity index (χ1v) is 8.16. The van der Waals surface area contributed by atoms with E-state index in [-0.39, 0.29) is 12.0 Å². The van der Waals surface area contributed by atoms with Crippen LogP contribution in [0.2, 0.25) is 0 Å². The largest absolute Gasteiger partial charge is 0.497 e. The van der Waals surface area contributed by atoms with Crippen LogP contribution >= 0.6 is 0 Å². The number of hydrogen-bond donors (Lipinski definition) is 0. The maximum Gasteiger partial charge on any atom is 0.254 e. The quantitative estimate of drug-likeness (QED) is 0.857. The molecule has 1 atom stereocenters. The zero-order valence-corrected chi connectivity index (χ0v) is 14.0. The number of aromatic nitrogens is 1. The van der Waals surface area contributed by atoms with Crippen LogP contribution in [-0.4, -0.2) is 42.1 Å². The van der Waals surface area contributed by atoms with Gasteiger partial charge >= 0.3 is 0 Å². The second-order valence-corrected chi connectivity index (χ2v) is 5.86. The van der Waals surface area contributed by atoms with Gasteiger partial charge in [-0.2, -0.15) is 5.26 Å². The lowest BCUT2D eigenvalue weighted by Gasteiger charge is -2.32. The van der Waals surface area contributed by atoms with Crippen molar-refractivity contribution >= 4 is 5.91 Å². The van der Waals surface area contributed by atoms with Gasteiger partial charge in [0.25, 0.3) is 5.91 Å². The van der Waals surface area contributed by atoms with Gasteiger partial charge in [0.2, 0.25) is 5.88 Å². The van der Waals surface area contributed by atoms with Crippen molar-refractivity contribution < 1.29 is 14.3 Å². The third-order valence-electron chi connectivity index (χ3n) is 4.13. The zero-order valence-electron chi connectivity index (χ0n) is 14.0. The Morgan fingerprint density at radius 1 is 1.36 bits per heavy atom. The van der Waals surface area contributed by atoms with Crippen LogP contribution in [0.3, 0.4) is 0 Å². The predicted octanol–water partition coefficient (Wildman–Crippen LogP) is 2.65. The lowest BCUT2D eigenvalue weighted by atomic mass is 10.1. The topological polar surface area (TPSA) is 75.4 Å². The summed E-state index contributed by atoms with van der Waals surface area (Å²) in [5, 5.41) is 8.96. The molecule has 1 aliphatic rings. The van der Waals surface area contributed by atoms with Gasteiger partial charge < -0.3 is 14.4 Å². The maximum absolute atomic E-state index is 12.7. The molecule has 1 aromatic carbocycles. The SMILES string of the molecule is COc1cccc(C(=O)N2CCCC(Oc3cc(C#N)ccn3)C2)c1. The molecular formula is C19H19N3O3.